The molecule has 0 aliphatic carbocycles. The number of hydrazine groups is 1. The summed E-state index contributed by atoms with van der Waals surface area (Å²) < 4.78 is 10.3. The van der Waals surface area contributed by atoms with Gasteiger partial charge < -0.3 is 20.2 Å². The molecule has 114 valence electrons. The lowest BCUT2D eigenvalue weighted by molar-refractivity contribution is 0.0705. The number of anilines is 2. The van der Waals surface area contributed by atoms with Crippen molar-refractivity contribution in [3.63, 3.8) is 0 Å². The normalized spacial score (nSPS) is 10.8. The first-order valence-corrected chi connectivity index (χ1v) is 6.83. The van der Waals surface area contributed by atoms with Crippen molar-refractivity contribution in [2.45, 2.75) is 26.2 Å². The van der Waals surface area contributed by atoms with Crippen LogP contribution in [0.3, 0.4) is 0 Å². The summed E-state index contributed by atoms with van der Waals surface area (Å²) >= 11 is 0. The third kappa shape index (κ3) is 6.14. The zero-order valence-corrected chi connectivity index (χ0v) is 12.5. The second kappa shape index (κ2) is 9.46. The predicted molar refractivity (Wildman–Crippen MR) is 79.7 cm³/mol. The van der Waals surface area contributed by atoms with Gasteiger partial charge in [-0.3, -0.25) is 0 Å². The maximum atomic E-state index is 5.41. The molecule has 0 bridgehead atoms. The summed E-state index contributed by atoms with van der Waals surface area (Å²) in [5, 5.41) is 3.25. The summed E-state index contributed by atoms with van der Waals surface area (Å²) in [5.41, 5.74) is 2.56. The highest BCUT2D eigenvalue weighted by Gasteiger charge is 2.07. The van der Waals surface area contributed by atoms with Crippen LogP contribution < -0.4 is 16.6 Å². The Morgan fingerprint density at radius 1 is 1.20 bits per heavy atom. The Bertz CT molecular complexity index is 387. The number of rotatable bonds is 10. The van der Waals surface area contributed by atoms with E-state index in [0.717, 1.165) is 24.6 Å². The Kier molecular flexibility index (Phi) is 7.86. The maximum absolute atomic E-state index is 5.41. The van der Waals surface area contributed by atoms with E-state index >= 15 is 0 Å². The van der Waals surface area contributed by atoms with Gasteiger partial charge in [-0.15, -0.1) is 0 Å². The summed E-state index contributed by atoms with van der Waals surface area (Å²) in [7, 11) is 1.66. The second-order valence-corrected chi connectivity index (χ2v) is 4.68. The number of hydrogen-bond donors (Lipinski definition) is 3. The Hall–Kier alpha value is -1.44. The van der Waals surface area contributed by atoms with Gasteiger partial charge in [0.1, 0.15) is 17.5 Å². The molecule has 20 heavy (non-hydrogen) atoms. The van der Waals surface area contributed by atoms with Crippen molar-refractivity contribution in [3.8, 4) is 0 Å². The Morgan fingerprint density at radius 2 is 1.95 bits per heavy atom. The number of nitrogen functional groups attached to an aromatic ring is 1. The maximum Gasteiger partial charge on any atom is 0.145 e. The first kappa shape index (κ1) is 16.6. The van der Waals surface area contributed by atoms with Crippen molar-refractivity contribution in [2.24, 2.45) is 5.84 Å². The van der Waals surface area contributed by atoms with Gasteiger partial charge in [-0.2, -0.15) is 0 Å². The van der Waals surface area contributed by atoms with Gasteiger partial charge in [-0.25, -0.2) is 15.8 Å². The summed E-state index contributed by atoms with van der Waals surface area (Å²) in [6.07, 6.45) is 0.899. The largest absolute Gasteiger partial charge is 0.382 e. The van der Waals surface area contributed by atoms with Crippen molar-refractivity contribution in [1.29, 1.82) is 0 Å². The highest BCUT2D eigenvalue weighted by atomic mass is 16.5. The van der Waals surface area contributed by atoms with Crippen molar-refractivity contribution in [1.82, 2.24) is 9.97 Å². The van der Waals surface area contributed by atoms with E-state index in [-0.39, 0.29) is 5.92 Å². The Morgan fingerprint density at radius 3 is 2.60 bits per heavy atom. The van der Waals surface area contributed by atoms with Crippen LogP contribution in [0.25, 0.3) is 0 Å². The number of ether oxygens (including phenoxy) is 2. The van der Waals surface area contributed by atoms with Crippen LogP contribution in [-0.4, -0.2) is 43.4 Å². The van der Waals surface area contributed by atoms with Gasteiger partial charge in [0.2, 0.25) is 0 Å². The lowest BCUT2D eigenvalue weighted by Crippen LogP contribution is -2.14. The van der Waals surface area contributed by atoms with E-state index in [1.54, 1.807) is 13.2 Å². The van der Waals surface area contributed by atoms with E-state index in [1.807, 2.05) is 13.8 Å². The molecule has 0 aromatic carbocycles. The molecule has 1 rings (SSSR count). The minimum absolute atomic E-state index is 0.251. The van der Waals surface area contributed by atoms with Crippen LogP contribution in [0.5, 0.6) is 0 Å². The standard InChI is InChI=1S/C13H25N5O2/c1-10(2)13-16-11(9-12(17-13)18-14)15-5-4-6-20-8-7-19-3/h9-10H,4-8,14H2,1-3H3,(H2,15,16,17,18). The second-order valence-electron chi connectivity index (χ2n) is 4.68. The fraction of sp³-hybridized carbons (Fsp3) is 0.692. The van der Waals surface area contributed by atoms with Gasteiger partial charge in [-0.05, 0) is 6.42 Å². The zero-order valence-electron chi connectivity index (χ0n) is 12.5. The SMILES string of the molecule is COCCOCCCNc1cc(NN)nc(C(C)C)n1. The molecule has 0 fully saturated rings. The fourth-order valence-corrected chi connectivity index (χ4v) is 1.52. The van der Waals surface area contributed by atoms with Gasteiger partial charge in [0.05, 0.1) is 13.2 Å². The van der Waals surface area contributed by atoms with Crippen LogP contribution in [-0.2, 0) is 9.47 Å². The molecule has 0 aliphatic heterocycles. The van der Waals surface area contributed by atoms with Crippen LogP contribution in [0.4, 0.5) is 11.6 Å². The molecule has 1 aromatic rings. The van der Waals surface area contributed by atoms with Crippen molar-refractivity contribution in [2.75, 3.05) is 44.2 Å². The van der Waals surface area contributed by atoms with E-state index in [4.69, 9.17) is 15.3 Å². The smallest absolute Gasteiger partial charge is 0.145 e. The number of nitrogens with one attached hydrogen (secondary N) is 2. The number of nitrogens with two attached hydrogens (primary N) is 1. The quantitative estimate of drug-likeness (QED) is 0.339. The van der Waals surface area contributed by atoms with Crippen molar-refractivity contribution >= 4 is 11.6 Å². The molecule has 0 spiro atoms. The third-order valence-corrected chi connectivity index (χ3v) is 2.61. The van der Waals surface area contributed by atoms with Crippen molar-refractivity contribution in [3.05, 3.63) is 11.9 Å². The van der Waals surface area contributed by atoms with Gasteiger partial charge in [0, 0.05) is 32.2 Å². The van der Waals surface area contributed by atoms with E-state index in [9.17, 15) is 0 Å². The summed E-state index contributed by atoms with van der Waals surface area (Å²) in [5.74, 6) is 7.81. The van der Waals surface area contributed by atoms with Crippen LogP contribution in [0, 0.1) is 0 Å². The lowest BCUT2D eigenvalue weighted by Gasteiger charge is -2.11. The summed E-state index contributed by atoms with van der Waals surface area (Å²) in [6.45, 7) is 6.82. The Labute approximate surface area is 120 Å². The van der Waals surface area contributed by atoms with Crippen LogP contribution in [0.2, 0.25) is 0 Å². The molecule has 0 radical (unpaired) electrons. The van der Waals surface area contributed by atoms with Crippen LogP contribution in [0.15, 0.2) is 6.07 Å². The number of aromatic nitrogens is 2. The molecule has 0 saturated heterocycles. The van der Waals surface area contributed by atoms with E-state index in [2.05, 4.69) is 20.7 Å². The number of nitrogens with zero attached hydrogens (tertiary/aromatic N) is 2. The average Bonchev–Trinajstić information content (AvgIpc) is 2.46. The van der Waals surface area contributed by atoms with E-state index in [0.29, 0.717) is 25.6 Å². The van der Waals surface area contributed by atoms with E-state index < -0.39 is 0 Å². The number of methoxy groups -OCH3 is 1. The first-order chi connectivity index (χ1) is 9.67. The molecular weight excluding hydrogens is 258 g/mol. The highest BCUT2D eigenvalue weighted by Crippen LogP contribution is 2.16. The third-order valence-electron chi connectivity index (χ3n) is 2.61. The molecule has 0 saturated carbocycles. The molecule has 7 nitrogen and oxygen atoms in total. The summed E-state index contributed by atoms with van der Waals surface area (Å²) in [4.78, 5) is 8.75. The highest BCUT2D eigenvalue weighted by molar-refractivity contribution is 5.47. The molecule has 0 unspecified atom stereocenters. The number of hydrogen-bond acceptors (Lipinski definition) is 7. The molecule has 0 atom stereocenters. The fourth-order valence-electron chi connectivity index (χ4n) is 1.52. The van der Waals surface area contributed by atoms with Gasteiger partial charge in [0.25, 0.3) is 0 Å². The molecule has 7 heteroatoms. The molecule has 4 N–H and O–H groups in total. The topological polar surface area (TPSA) is 94.3 Å². The predicted octanol–water partition coefficient (Wildman–Crippen LogP) is 1.35. The molecule has 1 heterocycles. The minimum atomic E-state index is 0.251. The summed E-state index contributed by atoms with van der Waals surface area (Å²) in [6, 6.07) is 1.79. The first-order valence-electron chi connectivity index (χ1n) is 6.83. The van der Waals surface area contributed by atoms with Gasteiger partial charge >= 0.3 is 0 Å². The Balaban J connectivity index is 2.37. The van der Waals surface area contributed by atoms with E-state index in [1.165, 1.54) is 0 Å². The monoisotopic (exact) mass is 283 g/mol. The molecule has 0 amide bonds. The van der Waals surface area contributed by atoms with Gasteiger partial charge in [-0.1, -0.05) is 13.8 Å². The van der Waals surface area contributed by atoms with Gasteiger partial charge in [0.15, 0.2) is 0 Å². The molecular formula is C13H25N5O2. The van der Waals surface area contributed by atoms with Crippen molar-refractivity contribution < 1.29 is 9.47 Å². The lowest BCUT2D eigenvalue weighted by atomic mass is 10.2. The molecule has 1 aromatic heterocycles. The minimum Gasteiger partial charge on any atom is -0.382 e. The zero-order chi connectivity index (χ0) is 14.8. The average molecular weight is 283 g/mol. The van der Waals surface area contributed by atoms with Crippen LogP contribution in [0.1, 0.15) is 32.0 Å². The van der Waals surface area contributed by atoms with Crippen LogP contribution >= 0.6 is 0 Å². The molecule has 0 aliphatic rings.